The van der Waals surface area contributed by atoms with Crippen molar-refractivity contribution in [3.63, 3.8) is 0 Å². The minimum Gasteiger partial charge on any atom is -0.383 e. The number of carbonyl (C=O) groups is 1. The van der Waals surface area contributed by atoms with Crippen molar-refractivity contribution in [1.82, 2.24) is 9.88 Å². The molecule has 1 atom stereocenters. The number of carbonyl (C=O) groups excluding carboxylic acids is 1. The highest BCUT2D eigenvalue weighted by atomic mass is 16.5. The van der Waals surface area contributed by atoms with E-state index in [2.05, 4.69) is 17.1 Å². The van der Waals surface area contributed by atoms with Crippen molar-refractivity contribution in [3.05, 3.63) is 66.0 Å². The quantitative estimate of drug-likeness (QED) is 0.818. The molecule has 1 amide bonds. The minimum atomic E-state index is -0.0182. The first kappa shape index (κ1) is 15.2. The third-order valence-corrected chi connectivity index (χ3v) is 3.47. The van der Waals surface area contributed by atoms with Gasteiger partial charge in [-0.3, -0.25) is 9.78 Å². The summed E-state index contributed by atoms with van der Waals surface area (Å²) in [6, 6.07) is 13.6. The van der Waals surface area contributed by atoms with Gasteiger partial charge in [-0.25, -0.2) is 0 Å². The third kappa shape index (κ3) is 4.13. The average molecular weight is 284 g/mol. The van der Waals surface area contributed by atoms with Crippen molar-refractivity contribution in [2.45, 2.75) is 12.5 Å². The highest BCUT2D eigenvalue weighted by molar-refractivity contribution is 5.94. The third-order valence-electron chi connectivity index (χ3n) is 3.47. The van der Waals surface area contributed by atoms with E-state index in [0.29, 0.717) is 12.2 Å². The molecule has 0 spiro atoms. The first-order chi connectivity index (χ1) is 10.2. The molecule has 0 aliphatic carbocycles. The Morgan fingerprint density at radius 1 is 1.19 bits per heavy atom. The summed E-state index contributed by atoms with van der Waals surface area (Å²) in [5, 5.41) is 0. The molecule has 0 bridgehead atoms. The molecule has 1 aromatic heterocycles. The van der Waals surface area contributed by atoms with Crippen LogP contribution in [0.2, 0.25) is 0 Å². The van der Waals surface area contributed by atoms with Gasteiger partial charge in [-0.2, -0.15) is 0 Å². The summed E-state index contributed by atoms with van der Waals surface area (Å²) in [6.07, 6.45) is 4.02. The van der Waals surface area contributed by atoms with Crippen LogP contribution in [0, 0.1) is 0 Å². The van der Waals surface area contributed by atoms with E-state index in [-0.39, 0.29) is 11.9 Å². The molecular formula is C17H20N2O2. The summed E-state index contributed by atoms with van der Waals surface area (Å²) in [7, 11) is 3.47. The van der Waals surface area contributed by atoms with Gasteiger partial charge < -0.3 is 9.64 Å². The summed E-state index contributed by atoms with van der Waals surface area (Å²) in [5.74, 6) is -0.0182. The van der Waals surface area contributed by atoms with Crippen LogP contribution >= 0.6 is 0 Å². The fourth-order valence-corrected chi connectivity index (χ4v) is 2.25. The predicted molar refractivity (Wildman–Crippen MR) is 82.1 cm³/mol. The van der Waals surface area contributed by atoms with E-state index in [4.69, 9.17) is 4.74 Å². The van der Waals surface area contributed by atoms with Crippen LogP contribution in [0.4, 0.5) is 0 Å². The Labute approximate surface area is 125 Å². The first-order valence-electron chi connectivity index (χ1n) is 6.92. The summed E-state index contributed by atoms with van der Waals surface area (Å²) in [5.41, 5.74) is 1.83. The Balaban J connectivity index is 2.12. The Morgan fingerprint density at radius 2 is 1.86 bits per heavy atom. The van der Waals surface area contributed by atoms with Gasteiger partial charge in [-0.1, -0.05) is 30.3 Å². The van der Waals surface area contributed by atoms with Crippen molar-refractivity contribution < 1.29 is 9.53 Å². The summed E-state index contributed by atoms with van der Waals surface area (Å²) in [4.78, 5) is 18.2. The topological polar surface area (TPSA) is 42.4 Å². The molecule has 0 radical (unpaired) electrons. The zero-order chi connectivity index (χ0) is 15.1. The average Bonchev–Trinajstić information content (AvgIpc) is 2.55. The maximum Gasteiger partial charge on any atom is 0.254 e. The highest BCUT2D eigenvalue weighted by Crippen LogP contribution is 2.11. The number of benzene rings is 1. The van der Waals surface area contributed by atoms with Gasteiger partial charge in [0, 0.05) is 32.1 Å². The second-order valence-electron chi connectivity index (χ2n) is 4.95. The second-order valence-corrected chi connectivity index (χ2v) is 4.95. The lowest BCUT2D eigenvalue weighted by molar-refractivity contribution is 0.0604. The molecule has 0 unspecified atom stereocenters. The van der Waals surface area contributed by atoms with Crippen LogP contribution in [0.15, 0.2) is 54.9 Å². The molecule has 0 fully saturated rings. The number of hydrogen-bond acceptors (Lipinski definition) is 3. The SMILES string of the molecule is COC[C@@H](Cc1ccccc1)N(C)C(=O)c1ccncc1. The number of pyridine rings is 1. The molecule has 1 aromatic carbocycles. The number of likely N-dealkylation sites (N-methyl/N-ethyl adjacent to an activating group) is 1. The summed E-state index contributed by atoms with van der Waals surface area (Å²) < 4.78 is 5.28. The number of ether oxygens (including phenoxy) is 1. The van der Waals surface area contributed by atoms with E-state index < -0.39 is 0 Å². The zero-order valence-corrected chi connectivity index (χ0v) is 12.4. The van der Waals surface area contributed by atoms with Crippen LogP contribution in [0.1, 0.15) is 15.9 Å². The molecule has 0 saturated carbocycles. The zero-order valence-electron chi connectivity index (χ0n) is 12.4. The molecular weight excluding hydrogens is 264 g/mol. The van der Waals surface area contributed by atoms with Crippen molar-refractivity contribution in [1.29, 1.82) is 0 Å². The van der Waals surface area contributed by atoms with Crippen molar-refractivity contribution in [2.75, 3.05) is 20.8 Å². The number of amides is 1. The molecule has 1 heterocycles. The summed E-state index contributed by atoms with van der Waals surface area (Å²) in [6.45, 7) is 0.502. The van der Waals surface area contributed by atoms with Crippen LogP contribution in [-0.2, 0) is 11.2 Å². The normalized spacial score (nSPS) is 11.9. The number of hydrogen-bond donors (Lipinski definition) is 0. The van der Waals surface area contributed by atoms with E-state index in [9.17, 15) is 4.79 Å². The van der Waals surface area contributed by atoms with E-state index in [1.807, 2.05) is 25.2 Å². The van der Waals surface area contributed by atoms with E-state index in [0.717, 1.165) is 6.42 Å². The van der Waals surface area contributed by atoms with E-state index in [1.54, 1.807) is 36.5 Å². The molecule has 4 heteroatoms. The maximum atomic E-state index is 12.5. The lowest BCUT2D eigenvalue weighted by Gasteiger charge is -2.28. The van der Waals surface area contributed by atoms with E-state index >= 15 is 0 Å². The van der Waals surface area contributed by atoms with Crippen LogP contribution in [0.5, 0.6) is 0 Å². The predicted octanol–water partition coefficient (Wildman–Crippen LogP) is 2.41. The Kier molecular flexibility index (Phi) is 5.46. The van der Waals surface area contributed by atoms with Gasteiger partial charge in [0.25, 0.3) is 5.91 Å². The molecule has 0 N–H and O–H groups in total. The molecule has 2 aromatic rings. The van der Waals surface area contributed by atoms with Gasteiger partial charge in [-0.05, 0) is 24.1 Å². The second kappa shape index (κ2) is 7.55. The fraction of sp³-hybridized carbons (Fsp3) is 0.294. The van der Waals surface area contributed by atoms with Crippen molar-refractivity contribution in [2.24, 2.45) is 0 Å². The van der Waals surface area contributed by atoms with Gasteiger partial charge in [-0.15, -0.1) is 0 Å². The van der Waals surface area contributed by atoms with E-state index in [1.165, 1.54) is 5.56 Å². The van der Waals surface area contributed by atoms with Gasteiger partial charge >= 0.3 is 0 Å². The van der Waals surface area contributed by atoms with Crippen LogP contribution < -0.4 is 0 Å². The van der Waals surface area contributed by atoms with Crippen molar-refractivity contribution >= 4 is 5.91 Å². The number of aromatic nitrogens is 1. The molecule has 0 aliphatic heterocycles. The standard InChI is InChI=1S/C17H20N2O2/c1-19(17(20)15-8-10-18-11-9-15)16(13-21-2)12-14-6-4-3-5-7-14/h3-11,16H,12-13H2,1-2H3/t16-/m1/s1. The Bertz CT molecular complexity index is 558. The first-order valence-corrected chi connectivity index (χ1v) is 6.92. The highest BCUT2D eigenvalue weighted by Gasteiger charge is 2.21. The molecule has 21 heavy (non-hydrogen) atoms. The van der Waals surface area contributed by atoms with Gasteiger partial charge in [0.15, 0.2) is 0 Å². The molecule has 110 valence electrons. The number of nitrogens with zero attached hydrogens (tertiary/aromatic N) is 2. The Hall–Kier alpha value is -2.20. The van der Waals surface area contributed by atoms with Crippen LogP contribution in [0.25, 0.3) is 0 Å². The van der Waals surface area contributed by atoms with Crippen LogP contribution in [-0.4, -0.2) is 42.6 Å². The van der Waals surface area contributed by atoms with Gasteiger partial charge in [0.05, 0.1) is 12.6 Å². The number of rotatable bonds is 6. The number of methoxy groups -OCH3 is 1. The molecule has 0 saturated heterocycles. The maximum absolute atomic E-state index is 12.5. The monoisotopic (exact) mass is 284 g/mol. The largest absolute Gasteiger partial charge is 0.383 e. The van der Waals surface area contributed by atoms with Gasteiger partial charge in [0.2, 0.25) is 0 Å². The molecule has 4 nitrogen and oxygen atoms in total. The lowest BCUT2D eigenvalue weighted by atomic mass is 10.0. The lowest BCUT2D eigenvalue weighted by Crippen LogP contribution is -2.41. The van der Waals surface area contributed by atoms with Gasteiger partial charge in [0.1, 0.15) is 0 Å². The minimum absolute atomic E-state index is 0.00179. The Morgan fingerprint density at radius 3 is 2.48 bits per heavy atom. The summed E-state index contributed by atoms with van der Waals surface area (Å²) >= 11 is 0. The van der Waals surface area contributed by atoms with Crippen LogP contribution in [0.3, 0.4) is 0 Å². The fourth-order valence-electron chi connectivity index (χ4n) is 2.25. The smallest absolute Gasteiger partial charge is 0.254 e. The molecule has 2 rings (SSSR count). The molecule has 0 aliphatic rings. The van der Waals surface area contributed by atoms with Crippen molar-refractivity contribution in [3.8, 4) is 0 Å².